The quantitative estimate of drug-likeness (QED) is 0.368. The molecule has 5 rings (SSSR count). The molecule has 206 valence electrons. The number of anilines is 2. The van der Waals surface area contributed by atoms with E-state index in [1.54, 1.807) is 31.2 Å². The molecule has 1 fully saturated rings. The molecule has 2 aliphatic carbocycles. The van der Waals surface area contributed by atoms with Crippen molar-refractivity contribution in [3.63, 3.8) is 0 Å². The normalized spacial score (nSPS) is 16.6. The third-order valence-corrected chi connectivity index (χ3v) is 10.0. The van der Waals surface area contributed by atoms with Crippen LogP contribution in [0.2, 0.25) is 0 Å². The van der Waals surface area contributed by atoms with E-state index in [0.717, 1.165) is 37.0 Å². The van der Waals surface area contributed by atoms with Crippen molar-refractivity contribution in [3.8, 4) is 5.75 Å². The fourth-order valence-electron chi connectivity index (χ4n) is 5.13. The molecule has 12 heteroatoms. The molecular formula is C27H29N3O7S2. The molecule has 10 nitrogen and oxygen atoms in total. The largest absolute Gasteiger partial charge is 0.506 e. The standard InChI is InChI=1S/C27H29N3O7S2/c1-14-26(38-27(28-14)29-15(2)31)39(35,36)30-18-8-6-7-17(13-18)21(16-11-12-16)23-24(33)22-19(32)9-4-3-5-10-20(22)37-25(23)34/h6-8,13,16,21,30,33H,3-5,9-12H2,1-2H3,(H,28,29,31). The number of ketones is 1. The van der Waals surface area contributed by atoms with Crippen molar-refractivity contribution >= 4 is 43.9 Å². The summed E-state index contributed by atoms with van der Waals surface area (Å²) >= 11 is 0.844. The van der Waals surface area contributed by atoms with Crippen molar-refractivity contribution < 1.29 is 27.5 Å². The highest BCUT2D eigenvalue weighted by atomic mass is 32.2. The van der Waals surface area contributed by atoms with E-state index in [-0.39, 0.29) is 67.4 Å². The lowest BCUT2D eigenvalue weighted by molar-refractivity contribution is -0.114. The van der Waals surface area contributed by atoms with Gasteiger partial charge in [0.1, 0.15) is 11.5 Å². The van der Waals surface area contributed by atoms with Crippen molar-refractivity contribution in [3.05, 3.63) is 62.8 Å². The number of carbonyl (C=O) groups is 2. The monoisotopic (exact) mass is 571 g/mol. The number of hydrogen-bond donors (Lipinski definition) is 3. The van der Waals surface area contributed by atoms with Crippen molar-refractivity contribution in [2.24, 2.45) is 5.92 Å². The zero-order valence-electron chi connectivity index (χ0n) is 21.6. The highest BCUT2D eigenvalue weighted by molar-refractivity contribution is 7.94. The van der Waals surface area contributed by atoms with Crippen LogP contribution in [0.3, 0.4) is 0 Å². The van der Waals surface area contributed by atoms with Crippen molar-refractivity contribution in [1.82, 2.24) is 4.98 Å². The Balaban J connectivity index is 1.51. The lowest BCUT2D eigenvalue weighted by atomic mass is 9.85. The molecule has 0 radical (unpaired) electrons. The molecule has 1 atom stereocenters. The molecule has 2 heterocycles. The van der Waals surface area contributed by atoms with E-state index in [0.29, 0.717) is 18.4 Å². The molecule has 1 saturated carbocycles. The number of sulfonamides is 1. The third-order valence-electron chi connectivity index (χ3n) is 6.98. The predicted octanol–water partition coefficient (Wildman–Crippen LogP) is 4.71. The fourth-order valence-corrected chi connectivity index (χ4v) is 7.64. The number of thiazole rings is 1. The summed E-state index contributed by atoms with van der Waals surface area (Å²) in [6, 6.07) is 6.65. The number of rotatable bonds is 7. The summed E-state index contributed by atoms with van der Waals surface area (Å²) in [5, 5.41) is 14.0. The fraction of sp³-hybridized carbons (Fsp3) is 0.407. The average Bonchev–Trinajstić information content (AvgIpc) is 3.61. The number of nitrogens with zero attached hydrogens (tertiary/aromatic N) is 1. The summed E-state index contributed by atoms with van der Waals surface area (Å²) in [6.07, 6.45) is 4.65. The Morgan fingerprint density at radius 2 is 1.92 bits per heavy atom. The number of carbonyl (C=O) groups excluding carboxylic acids is 2. The van der Waals surface area contributed by atoms with E-state index in [2.05, 4.69) is 15.0 Å². The van der Waals surface area contributed by atoms with E-state index in [9.17, 15) is 27.9 Å². The molecule has 2 aromatic heterocycles. The number of aromatic hydroxyl groups is 1. The molecule has 3 N–H and O–H groups in total. The first kappa shape index (κ1) is 27.1. The van der Waals surface area contributed by atoms with Gasteiger partial charge in [0, 0.05) is 31.4 Å². The lowest BCUT2D eigenvalue weighted by Crippen LogP contribution is -2.21. The number of aryl methyl sites for hydroxylation is 2. The van der Waals surface area contributed by atoms with Crippen LogP contribution in [-0.4, -0.2) is 30.2 Å². The van der Waals surface area contributed by atoms with E-state index < -0.39 is 21.6 Å². The van der Waals surface area contributed by atoms with Crippen LogP contribution in [0.4, 0.5) is 10.8 Å². The van der Waals surface area contributed by atoms with Crippen LogP contribution in [0.1, 0.15) is 84.3 Å². The number of hydrogen-bond acceptors (Lipinski definition) is 9. The molecule has 0 bridgehead atoms. The minimum absolute atomic E-state index is 0.0335. The first-order valence-electron chi connectivity index (χ1n) is 12.8. The van der Waals surface area contributed by atoms with E-state index in [1.165, 1.54) is 6.92 Å². The van der Waals surface area contributed by atoms with Crippen molar-refractivity contribution in [2.45, 2.75) is 68.9 Å². The molecule has 1 unspecified atom stereocenters. The van der Waals surface area contributed by atoms with Crippen LogP contribution in [0.5, 0.6) is 5.75 Å². The molecule has 2 aliphatic rings. The first-order chi connectivity index (χ1) is 18.5. The Kier molecular flexibility index (Phi) is 7.34. The minimum atomic E-state index is -4.03. The van der Waals surface area contributed by atoms with Gasteiger partial charge in [-0.25, -0.2) is 18.2 Å². The number of aromatic nitrogens is 1. The van der Waals surface area contributed by atoms with Gasteiger partial charge in [0.05, 0.1) is 16.8 Å². The summed E-state index contributed by atoms with van der Waals surface area (Å²) in [4.78, 5) is 41.6. The van der Waals surface area contributed by atoms with Crippen LogP contribution < -0.4 is 15.7 Å². The second-order valence-corrected chi connectivity index (χ2v) is 12.9. The van der Waals surface area contributed by atoms with Gasteiger partial charge >= 0.3 is 5.63 Å². The van der Waals surface area contributed by atoms with Gasteiger partial charge in [-0.2, -0.15) is 0 Å². The number of fused-ring (bicyclic) bond motifs is 1. The van der Waals surface area contributed by atoms with E-state index in [4.69, 9.17) is 4.42 Å². The van der Waals surface area contributed by atoms with Crippen LogP contribution in [-0.2, 0) is 21.2 Å². The van der Waals surface area contributed by atoms with Crippen LogP contribution >= 0.6 is 11.3 Å². The maximum atomic E-state index is 13.2. The smallest absolute Gasteiger partial charge is 0.343 e. The van der Waals surface area contributed by atoms with Crippen molar-refractivity contribution in [1.29, 1.82) is 0 Å². The van der Waals surface area contributed by atoms with Crippen LogP contribution in [0, 0.1) is 12.8 Å². The number of Topliss-reactive ketones (excluding diaryl/α,β-unsaturated/α-hetero) is 1. The minimum Gasteiger partial charge on any atom is -0.506 e. The van der Waals surface area contributed by atoms with Gasteiger partial charge in [-0.1, -0.05) is 29.9 Å². The zero-order valence-corrected chi connectivity index (χ0v) is 23.2. The molecule has 0 aliphatic heterocycles. The number of nitrogens with one attached hydrogen (secondary N) is 2. The molecule has 1 aromatic carbocycles. The van der Waals surface area contributed by atoms with Crippen LogP contribution in [0.25, 0.3) is 0 Å². The van der Waals surface area contributed by atoms with Gasteiger partial charge in [-0.3, -0.25) is 14.3 Å². The van der Waals surface area contributed by atoms with Gasteiger partial charge in [-0.15, -0.1) is 0 Å². The Labute approximate surface area is 229 Å². The number of amides is 1. The SMILES string of the molecule is CC(=O)Nc1nc(C)c(S(=O)(=O)Nc2cccc(C(c3c(O)c4c(oc3=O)CCCCCC4=O)C3CC3)c2)s1. The summed E-state index contributed by atoms with van der Waals surface area (Å²) in [6.45, 7) is 2.85. The zero-order chi connectivity index (χ0) is 27.9. The Bertz CT molecular complexity index is 1620. The highest BCUT2D eigenvalue weighted by Crippen LogP contribution is 2.49. The molecule has 0 spiro atoms. The summed E-state index contributed by atoms with van der Waals surface area (Å²) < 4.78 is 34.5. The Morgan fingerprint density at radius 1 is 1.18 bits per heavy atom. The van der Waals surface area contributed by atoms with Gasteiger partial charge in [0.25, 0.3) is 10.0 Å². The maximum Gasteiger partial charge on any atom is 0.343 e. The lowest BCUT2D eigenvalue weighted by Gasteiger charge is -2.21. The topological polar surface area (TPSA) is 156 Å². The average molecular weight is 572 g/mol. The molecule has 3 aromatic rings. The molecule has 1 amide bonds. The highest BCUT2D eigenvalue weighted by Gasteiger charge is 2.39. The summed E-state index contributed by atoms with van der Waals surface area (Å²) in [5.41, 5.74) is 0.604. The molecular weight excluding hydrogens is 542 g/mol. The van der Waals surface area contributed by atoms with E-state index >= 15 is 0 Å². The third kappa shape index (κ3) is 5.62. The second-order valence-electron chi connectivity index (χ2n) is 10.1. The molecule has 39 heavy (non-hydrogen) atoms. The van der Waals surface area contributed by atoms with E-state index in [1.807, 2.05) is 0 Å². The first-order valence-corrected chi connectivity index (χ1v) is 15.1. The Hall–Kier alpha value is -3.51. The van der Waals surface area contributed by atoms with Gasteiger partial charge in [0.2, 0.25) is 5.91 Å². The number of benzene rings is 1. The van der Waals surface area contributed by atoms with Gasteiger partial charge < -0.3 is 14.8 Å². The summed E-state index contributed by atoms with van der Waals surface area (Å²) in [7, 11) is -4.03. The second kappa shape index (κ2) is 10.6. The van der Waals surface area contributed by atoms with Crippen LogP contribution in [0.15, 0.2) is 37.7 Å². The maximum absolute atomic E-state index is 13.2. The van der Waals surface area contributed by atoms with Gasteiger partial charge in [0.15, 0.2) is 15.1 Å². The summed E-state index contributed by atoms with van der Waals surface area (Å²) in [5.74, 6) is -1.20. The predicted molar refractivity (Wildman–Crippen MR) is 146 cm³/mol. The van der Waals surface area contributed by atoms with Crippen molar-refractivity contribution in [2.75, 3.05) is 10.0 Å². The Morgan fingerprint density at radius 3 is 2.64 bits per heavy atom. The molecule has 0 saturated heterocycles. The van der Waals surface area contributed by atoms with Gasteiger partial charge in [-0.05, 0) is 56.2 Å².